The lowest BCUT2D eigenvalue weighted by atomic mass is 10.1. The van der Waals surface area contributed by atoms with Gasteiger partial charge in [0.05, 0.1) is 0 Å². The average Bonchev–Trinajstić information content (AvgIpc) is 2.57. The molecule has 0 unspecified atom stereocenters. The Labute approximate surface area is 106 Å². The van der Waals surface area contributed by atoms with E-state index in [1.54, 1.807) is 11.6 Å². The number of hydrogen-bond acceptors (Lipinski definition) is 5. The van der Waals surface area contributed by atoms with Crippen LogP contribution in [0.5, 0.6) is 5.88 Å². The van der Waals surface area contributed by atoms with Crippen LogP contribution in [-0.2, 0) is 7.05 Å². The Morgan fingerprint density at radius 1 is 1.28 bits per heavy atom. The molecule has 0 amide bonds. The van der Waals surface area contributed by atoms with Crippen LogP contribution in [0.4, 0.5) is 5.82 Å². The molecule has 0 aromatic carbocycles. The van der Waals surface area contributed by atoms with Gasteiger partial charge in [-0.15, -0.1) is 0 Å². The monoisotopic (exact) mass is 249 g/mol. The predicted octanol–water partition coefficient (Wildman–Crippen LogP) is 1.82. The quantitative estimate of drug-likeness (QED) is 0.897. The van der Waals surface area contributed by atoms with Crippen LogP contribution in [-0.4, -0.2) is 25.3 Å². The third-order valence-electron chi connectivity index (χ3n) is 2.99. The SMILES string of the molecule is CCC(C)(C)Oc1c2nc(C)nc(N)c2nn1C. The van der Waals surface area contributed by atoms with Gasteiger partial charge in [-0.3, -0.25) is 0 Å². The second kappa shape index (κ2) is 4.12. The fourth-order valence-electron chi connectivity index (χ4n) is 1.63. The van der Waals surface area contributed by atoms with Crippen molar-refractivity contribution in [3.63, 3.8) is 0 Å². The number of fused-ring (bicyclic) bond motifs is 1. The fraction of sp³-hybridized carbons (Fsp3) is 0.583. The molecule has 0 bridgehead atoms. The van der Waals surface area contributed by atoms with E-state index in [2.05, 4.69) is 22.0 Å². The van der Waals surface area contributed by atoms with Gasteiger partial charge in [-0.25, -0.2) is 14.6 Å². The number of aryl methyl sites for hydroxylation is 2. The van der Waals surface area contributed by atoms with Crippen molar-refractivity contribution in [1.29, 1.82) is 0 Å². The van der Waals surface area contributed by atoms with Crippen molar-refractivity contribution in [2.75, 3.05) is 5.73 Å². The molecule has 0 aliphatic heterocycles. The van der Waals surface area contributed by atoms with E-state index in [0.29, 0.717) is 28.6 Å². The van der Waals surface area contributed by atoms with Crippen LogP contribution in [0.3, 0.4) is 0 Å². The van der Waals surface area contributed by atoms with Gasteiger partial charge < -0.3 is 10.5 Å². The summed E-state index contributed by atoms with van der Waals surface area (Å²) < 4.78 is 7.66. The minimum Gasteiger partial charge on any atom is -0.470 e. The highest BCUT2D eigenvalue weighted by Gasteiger charge is 2.23. The molecule has 18 heavy (non-hydrogen) atoms. The van der Waals surface area contributed by atoms with Crippen LogP contribution in [0.15, 0.2) is 0 Å². The first kappa shape index (κ1) is 12.6. The van der Waals surface area contributed by atoms with E-state index in [1.807, 2.05) is 20.9 Å². The van der Waals surface area contributed by atoms with Crippen LogP contribution in [0, 0.1) is 6.92 Å². The van der Waals surface area contributed by atoms with E-state index in [-0.39, 0.29) is 5.60 Å². The summed E-state index contributed by atoms with van der Waals surface area (Å²) in [6, 6.07) is 0. The number of aromatic nitrogens is 4. The lowest BCUT2D eigenvalue weighted by molar-refractivity contribution is 0.0948. The Morgan fingerprint density at radius 3 is 2.56 bits per heavy atom. The maximum Gasteiger partial charge on any atom is 0.239 e. The third kappa shape index (κ3) is 2.10. The van der Waals surface area contributed by atoms with Gasteiger partial charge in [0.25, 0.3) is 0 Å². The third-order valence-corrected chi connectivity index (χ3v) is 2.99. The number of nitrogen functional groups attached to an aromatic ring is 1. The van der Waals surface area contributed by atoms with Crippen molar-refractivity contribution in [3.8, 4) is 5.88 Å². The molecule has 2 aromatic rings. The number of nitrogens with zero attached hydrogens (tertiary/aromatic N) is 4. The largest absolute Gasteiger partial charge is 0.470 e. The zero-order chi connectivity index (χ0) is 13.5. The zero-order valence-electron chi connectivity index (χ0n) is 11.5. The molecule has 2 N–H and O–H groups in total. The predicted molar refractivity (Wildman–Crippen MR) is 70.5 cm³/mol. The molecule has 2 heterocycles. The Kier molecular flexibility index (Phi) is 2.88. The first-order valence-electron chi connectivity index (χ1n) is 6.00. The summed E-state index contributed by atoms with van der Waals surface area (Å²) in [7, 11) is 1.82. The topological polar surface area (TPSA) is 78.8 Å². The van der Waals surface area contributed by atoms with Gasteiger partial charge >= 0.3 is 0 Å². The maximum absolute atomic E-state index is 6.00. The van der Waals surface area contributed by atoms with Crippen LogP contribution >= 0.6 is 0 Å². The Morgan fingerprint density at radius 2 is 1.94 bits per heavy atom. The second-order valence-electron chi connectivity index (χ2n) is 5.00. The first-order chi connectivity index (χ1) is 8.34. The lowest BCUT2D eigenvalue weighted by Gasteiger charge is -2.24. The van der Waals surface area contributed by atoms with Crippen molar-refractivity contribution in [2.45, 2.75) is 39.7 Å². The van der Waals surface area contributed by atoms with Crippen LogP contribution in [0.1, 0.15) is 33.0 Å². The van der Waals surface area contributed by atoms with E-state index < -0.39 is 0 Å². The van der Waals surface area contributed by atoms with E-state index in [0.717, 1.165) is 6.42 Å². The molecular formula is C12H19N5O. The molecule has 0 fully saturated rings. The molecule has 0 saturated heterocycles. The highest BCUT2D eigenvalue weighted by Crippen LogP contribution is 2.29. The average molecular weight is 249 g/mol. The summed E-state index contributed by atoms with van der Waals surface area (Å²) in [5.74, 6) is 1.64. The van der Waals surface area contributed by atoms with E-state index in [9.17, 15) is 0 Å². The molecule has 0 spiro atoms. The molecule has 2 aromatic heterocycles. The minimum atomic E-state index is -0.270. The van der Waals surface area contributed by atoms with Crippen molar-refractivity contribution in [2.24, 2.45) is 7.05 Å². The molecule has 6 heteroatoms. The van der Waals surface area contributed by atoms with Gasteiger partial charge in [0, 0.05) is 7.05 Å². The molecule has 0 radical (unpaired) electrons. The molecule has 98 valence electrons. The number of nitrogens with two attached hydrogens (primary N) is 1. The van der Waals surface area contributed by atoms with Gasteiger partial charge in [0.2, 0.25) is 5.88 Å². The number of rotatable bonds is 3. The van der Waals surface area contributed by atoms with Crippen molar-refractivity contribution in [1.82, 2.24) is 19.7 Å². The van der Waals surface area contributed by atoms with E-state index in [1.165, 1.54) is 0 Å². The Balaban J connectivity index is 2.60. The van der Waals surface area contributed by atoms with Gasteiger partial charge in [0.15, 0.2) is 16.9 Å². The van der Waals surface area contributed by atoms with Crippen LogP contribution in [0.2, 0.25) is 0 Å². The van der Waals surface area contributed by atoms with Crippen LogP contribution in [0.25, 0.3) is 11.0 Å². The molecule has 6 nitrogen and oxygen atoms in total. The van der Waals surface area contributed by atoms with E-state index in [4.69, 9.17) is 10.5 Å². The maximum atomic E-state index is 6.00. The standard InChI is InChI=1S/C12H19N5O/c1-6-12(3,4)18-11-9-8(16-17(11)5)10(13)15-7(2)14-9/h6H2,1-5H3,(H2,13,14,15). The van der Waals surface area contributed by atoms with Gasteiger partial charge in [-0.2, -0.15) is 5.10 Å². The van der Waals surface area contributed by atoms with E-state index >= 15 is 0 Å². The minimum absolute atomic E-state index is 0.270. The number of hydrogen-bond donors (Lipinski definition) is 1. The van der Waals surface area contributed by atoms with Crippen molar-refractivity contribution < 1.29 is 4.74 Å². The lowest BCUT2D eigenvalue weighted by Crippen LogP contribution is -2.28. The van der Waals surface area contributed by atoms with Gasteiger partial charge in [-0.1, -0.05) is 6.92 Å². The second-order valence-corrected chi connectivity index (χ2v) is 5.00. The number of anilines is 1. The smallest absolute Gasteiger partial charge is 0.239 e. The summed E-state index contributed by atoms with van der Waals surface area (Å²) in [5, 5.41) is 4.31. The summed E-state index contributed by atoms with van der Waals surface area (Å²) in [6.07, 6.45) is 0.888. The van der Waals surface area contributed by atoms with Crippen molar-refractivity contribution in [3.05, 3.63) is 5.82 Å². The zero-order valence-corrected chi connectivity index (χ0v) is 11.5. The van der Waals surface area contributed by atoms with Gasteiger partial charge in [0.1, 0.15) is 11.4 Å². The van der Waals surface area contributed by atoms with Gasteiger partial charge in [-0.05, 0) is 27.2 Å². The molecule has 0 aliphatic carbocycles. The summed E-state index contributed by atoms with van der Waals surface area (Å²) in [6.45, 7) is 7.94. The Hall–Kier alpha value is -1.85. The first-order valence-corrected chi connectivity index (χ1v) is 6.00. The highest BCUT2D eigenvalue weighted by atomic mass is 16.5. The molecule has 0 aliphatic rings. The normalized spacial score (nSPS) is 12.1. The van der Waals surface area contributed by atoms with Crippen molar-refractivity contribution >= 4 is 16.9 Å². The highest BCUT2D eigenvalue weighted by molar-refractivity contribution is 5.88. The molecule has 0 saturated carbocycles. The van der Waals surface area contributed by atoms with Crippen LogP contribution < -0.4 is 10.5 Å². The fourth-order valence-corrected chi connectivity index (χ4v) is 1.63. The summed E-state index contributed by atoms with van der Waals surface area (Å²) in [4.78, 5) is 8.48. The molecule has 2 rings (SSSR count). The summed E-state index contributed by atoms with van der Waals surface area (Å²) in [5.41, 5.74) is 6.84. The number of ether oxygens (including phenoxy) is 1. The molecular weight excluding hydrogens is 230 g/mol. The summed E-state index contributed by atoms with van der Waals surface area (Å²) >= 11 is 0. The Bertz CT molecular complexity index is 588. The molecule has 0 atom stereocenters.